The zero-order valence-electron chi connectivity index (χ0n) is 23.6. The van der Waals surface area contributed by atoms with E-state index in [1.54, 1.807) is 23.4 Å². The molecule has 1 fully saturated rings. The second-order valence-electron chi connectivity index (χ2n) is 11.1. The van der Waals surface area contributed by atoms with Gasteiger partial charge in [-0.25, -0.2) is 9.78 Å². The molecule has 0 bridgehead atoms. The number of fused-ring (bicyclic) bond motifs is 2. The van der Waals surface area contributed by atoms with Gasteiger partial charge >= 0.3 is 12.1 Å². The minimum atomic E-state index is -0.569. The van der Waals surface area contributed by atoms with E-state index >= 15 is 0 Å². The van der Waals surface area contributed by atoms with Crippen molar-refractivity contribution in [3.63, 3.8) is 0 Å². The number of hydrogen-bond donors (Lipinski definition) is 1. The summed E-state index contributed by atoms with van der Waals surface area (Å²) in [5.74, 6) is -0.302. The SMILES string of the molecule is COc1ncc2c(N3C[C@@H](C)N(C(=O)OC(C)(C)C)[C@@H](C)C3)ccc(C(=O)Nc3ccc4cccnc4c3)c2n1. The first-order valence-corrected chi connectivity index (χ1v) is 13.3. The topological polar surface area (TPSA) is 110 Å². The molecule has 2 amide bonds. The van der Waals surface area contributed by atoms with Crippen molar-refractivity contribution in [2.45, 2.75) is 52.3 Å². The molecule has 4 aromatic rings. The maximum atomic E-state index is 13.5. The summed E-state index contributed by atoms with van der Waals surface area (Å²) < 4.78 is 10.9. The van der Waals surface area contributed by atoms with Crippen LogP contribution in [0.1, 0.15) is 45.0 Å². The van der Waals surface area contributed by atoms with Crippen molar-refractivity contribution in [1.82, 2.24) is 19.9 Å². The molecule has 1 N–H and O–H groups in total. The van der Waals surface area contributed by atoms with Crippen LogP contribution in [0.2, 0.25) is 0 Å². The molecule has 2 atom stereocenters. The van der Waals surface area contributed by atoms with Gasteiger partial charge in [0.2, 0.25) is 0 Å². The van der Waals surface area contributed by atoms with Crippen LogP contribution in [0.15, 0.2) is 54.9 Å². The summed E-state index contributed by atoms with van der Waals surface area (Å²) in [6.07, 6.45) is 3.09. The van der Waals surface area contributed by atoms with Crippen LogP contribution >= 0.6 is 0 Å². The third kappa shape index (κ3) is 5.47. The molecule has 0 aliphatic carbocycles. The Labute approximate surface area is 233 Å². The second-order valence-corrected chi connectivity index (χ2v) is 11.1. The van der Waals surface area contributed by atoms with Gasteiger partial charge in [0.1, 0.15) is 5.60 Å². The van der Waals surface area contributed by atoms with Gasteiger partial charge in [-0.2, -0.15) is 4.98 Å². The highest BCUT2D eigenvalue weighted by Crippen LogP contribution is 2.33. The lowest BCUT2D eigenvalue weighted by molar-refractivity contribution is 0.00567. The van der Waals surface area contributed by atoms with Crippen LogP contribution in [-0.2, 0) is 4.74 Å². The quantitative estimate of drug-likeness (QED) is 0.371. The van der Waals surface area contributed by atoms with Gasteiger partial charge in [-0.1, -0.05) is 12.1 Å². The Bertz CT molecular complexity index is 1570. The second kappa shape index (κ2) is 10.6. The van der Waals surface area contributed by atoms with E-state index in [4.69, 9.17) is 9.47 Å². The fourth-order valence-corrected chi connectivity index (χ4v) is 5.18. The summed E-state index contributed by atoms with van der Waals surface area (Å²) in [4.78, 5) is 43.7. The van der Waals surface area contributed by atoms with Crippen molar-refractivity contribution in [2.75, 3.05) is 30.4 Å². The predicted octanol–water partition coefficient (Wildman–Crippen LogP) is 5.27. The summed E-state index contributed by atoms with van der Waals surface area (Å²) >= 11 is 0. The van der Waals surface area contributed by atoms with E-state index in [0.717, 1.165) is 22.0 Å². The Hall–Kier alpha value is -4.47. The number of anilines is 2. The molecule has 1 saturated heterocycles. The van der Waals surface area contributed by atoms with Crippen LogP contribution in [0.3, 0.4) is 0 Å². The van der Waals surface area contributed by atoms with E-state index in [-0.39, 0.29) is 30.1 Å². The molecule has 0 unspecified atom stereocenters. The highest BCUT2D eigenvalue weighted by atomic mass is 16.6. The lowest BCUT2D eigenvalue weighted by Crippen LogP contribution is -2.59. The van der Waals surface area contributed by atoms with Gasteiger partial charge in [0.15, 0.2) is 0 Å². The first kappa shape index (κ1) is 27.1. The number of carbonyl (C=O) groups excluding carboxylic acids is 2. The van der Waals surface area contributed by atoms with Gasteiger partial charge in [0.05, 0.1) is 35.8 Å². The number of benzene rings is 2. The molecule has 3 heterocycles. The fourth-order valence-electron chi connectivity index (χ4n) is 5.18. The minimum absolute atomic E-state index is 0.0997. The van der Waals surface area contributed by atoms with Gasteiger partial charge in [-0.05, 0) is 65.0 Å². The molecule has 1 aliphatic rings. The lowest BCUT2D eigenvalue weighted by atomic mass is 10.0. The Morgan fingerprint density at radius 2 is 1.77 bits per heavy atom. The molecule has 10 nitrogen and oxygen atoms in total. The zero-order valence-corrected chi connectivity index (χ0v) is 23.6. The largest absolute Gasteiger partial charge is 0.467 e. The summed E-state index contributed by atoms with van der Waals surface area (Å²) in [7, 11) is 1.49. The molecule has 0 spiro atoms. The number of pyridine rings is 1. The van der Waals surface area contributed by atoms with E-state index in [9.17, 15) is 9.59 Å². The Morgan fingerprint density at radius 3 is 2.48 bits per heavy atom. The van der Waals surface area contributed by atoms with Crippen LogP contribution in [0.4, 0.5) is 16.2 Å². The number of hydrogen-bond acceptors (Lipinski definition) is 8. The average Bonchev–Trinajstić information content (AvgIpc) is 2.90. The van der Waals surface area contributed by atoms with Gasteiger partial charge in [-0.15, -0.1) is 0 Å². The van der Waals surface area contributed by atoms with Crippen molar-refractivity contribution >= 4 is 45.2 Å². The van der Waals surface area contributed by atoms with Gasteiger partial charge < -0.3 is 19.7 Å². The van der Waals surface area contributed by atoms with Crippen LogP contribution in [-0.4, -0.2) is 69.7 Å². The van der Waals surface area contributed by atoms with Crippen LogP contribution in [0.5, 0.6) is 6.01 Å². The van der Waals surface area contributed by atoms with Crippen molar-refractivity contribution in [2.24, 2.45) is 0 Å². The average molecular weight is 543 g/mol. The molecule has 2 aromatic heterocycles. The lowest BCUT2D eigenvalue weighted by Gasteiger charge is -2.45. The normalized spacial score (nSPS) is 17.6. The predicted molar refractivity (Wildman–Crippen MR) is 155 cm³/mol. The van der Waals surface area contributed by atoms with E-state index < -0.39 is 5.60 Å². The number of nitrogens with one attached hydrogen (secondary N) is 1. The standard InChI is InChI=1S/C30H34N6O4/c1-18-16-35(17-19(2)36(18)29(38)40-30(3,4)5)25-12-11-22(26-23(25)15-32-28(34-26)39-6)27(37)33-21-10-9-20-8-7-13-31-24(20)14-21/h7-15,18-19H,16-17H2,1-6H3,(H,33,37)/t18-,19+. The van der Waals surface area contributed by atoms with E-state index in [0.29, 0.717) is 29.9 Å². The van der Waals surface area contributed by atoms with Crippen LogP contribution < -0.4 is 15.0 Å². The molecule has 1 aliphatic heterocycles. The fraction of sp³-hybridized carbons (Fsp3) is 0.367. The molecule has 2 aromatic carbocycles. The van der Waals surface area contributed by atoms with Crippen molar-refractivity contribution in [1.29, 1.82) is 0 Å². The highest BCUT2D eigenvalue weighted by Gasteiger charge is 2.36. The third-order valence-corrected chi connectivity index (χ3v) is 6.86. The van der Waals surface area contributed by atoms with Gasteiger partial charge in [-0.3, -0.25) is 14.7 Å². The summed E-state index contributed by atoms with van der Waals surface area (Å²) in [5.41, 5.74) is 2.62. The molecule has 0 radical (unpaired) electrons. The highest BCUT2D eigenvalue weighted by molar-refractivity contribution is 6.14. The molecular weight excluding hydrogens is 508 g/mol. The van der Waals surface area contributed by atoms with Gasteiger partial charge in [0.25, 0.3) is 5.91 Å². The van der Waals surface area contributed by atoms with E-state index in [1.807, 2.05) is 71.0 Å². The molecular formula is C30H34N6O4. The number of piperazine rings is 1. The van der Waals surface area contributed by atoms with E-state index in [2.05, 4.69) is 25.2 Å². The number of nitrogens with zero attached hydrogens (tertiary/aromatic N) is 5. The number of ether oxygens (including phenoxy) is 2. The number of aromatic nitrogens is 3. The molecule has 5 rings (SSSR count). The maximum Gasteiger partial charge on any atom is 0.410 e. The summed E-state index contributed by atoms with van der Waals surface area (Å²) in [6, 6.07) is 13.1. The summed E-state index contributed by atoms with van der Waals surface area (Å²) in [5, 5.41) is 4.69. The minimum Gasteiger partial charge on any atom is -0.467 e. The first-order valence-electron chi connectivity index (χ1n) is 13.3. The molecule has 208 valence electrons. The van der Waals surface area contributed by atoms with Crippen molar-refractivity contribution in [3.05, 3.63) is 60.4 Å². The Morgan fingerprint density at radius 1 is 1.02 bits per heavy atom. The van der Waals surface area contributed by atoms with Crippen molar-refractivity contribution in [3.8, 4) is 6.01 Å². The first-order chi connectivity index (χ1) is 19.0. The van der Waals surface area contributed by atoms with Crippen LogP contribution in [0.25, 0.3) is 21.8 Å². The molecule has 40 heavy (non-hydrogen) atoms. The van der Waals surface area contributed by atoms with Crippen molar-refractivity contribution < 1.29 is 19.1 Å². The number of rotatable bonds is 4. The molecule has 0 saturated carbocycles. The van der Waals surface area contributed by atoms with E-state index in [1.165, 1.54) is 7.11 Å². The summed E-state index contributed by atoms with van der Waals surface area (Å²) in [6.45, 7) is 10.8. The Kier molecular flexibility index (Phi) is 7.18. The smallest absolute Gasteiger partial charge is 0.410 e. The Balaban J connectivity index is 1.45. The van der Waals surface area contributed by atoms with Crippen LogP contribution in [0, 0.1) is 0 Å². The third-order valence-electron chi connectivity index (χ3n) is 6.86. The number of methoxy groups -OCH3 is 1. The molecule has 10 heteroatoms. The van der Waals surface area contributed by atoms with Gasteiger partial charge in [0, 0.05) is 47.6 Å². The maximum absolute atomic E-state index is 13.5. The monoisotopic (exact) mass is 542 g/mol. The number of amides is 2. The zero-order chi connectivity index (χ0) is 28.6. The number of carbonyl (C=O) groups is 2.